The number of hydrogen-bond acceptors (Lipinski definition) is 3. The lowest BCUT2D eigenvalue weighted by Gasteiger charge is -1.96. The molecule has 0 bridgehead atoms. The first-order valence-corrected chi connectivity index (χ1v) is 3.22. The molecule has 0 saturated heterocycles. The highest BCUT2D eigenvalue weighted by molar-refractivity contribution is 5.68. The van der Waals surface area contributed by atoms with Crippen molar-refractivity contribution in [3.63, 3.8) is 0 Å². The molecule has 0 atom stereocenters. The molecule has 0 aliphatic carbocycles. The predicted molar refractivity (Wildman–Crippen MR) is 37.5 cm³/mol. The van der Waals surface area contributed by atoms with Crippen molar-refractivity contribution in [1.29, 1.82) is 0 Å². The Kier molecular flexibility index (Phi) is 5.77. The molecule has 0 aromatic heterocycles. The quantitative estimate of drug-likeness (QED) is 0.461. The predicted octanol–water partition coefficient (Wildman–Crippen LogP) is 0.488. The van der Waals surface area contributed by atoms with E-state index in [9.17, 15) is 4.79 Å². The Morgan fingerprint density at radius 2 is 2.30 bits per heavy atom. The molecule has 3 nitrogen and oxygen atoms in total. The van der Waals surface area contributed by atoms with Crippen molar-refractivity contribution in [2.75, 3.05) is 13.2 Å². The maximum absolute atomic E-state index is 10.5. The molecule has 0 radical (unpaired) electrons. The third kappa shape index (κ3) is 5.31. The largest absolute Gasteiger partial charge is 0.461 e. The lowest BCUT2D eigenvalue weighted by atomic mass is 10.5. The van der Waals surface area contributed by atoms with Crippen LogP contribution in [-0.4, -0.2) is 24.3 Å². The smallest absolute Gasteiger partial charge is 0.305 e. The van der Waals surface area contributed by atoms with Crippen LogP contribution < -0.4 is 0 Å². The molecule has 0 aromatic rings. The summed E-state index contributed by atoms with van der Waals surface area (Å²) in [6.07, 6.45) is 3.53. The molecule has 0 spiro atoms. The summed E-state index contributed by atoms with van der Waals surface area (Å²) in [6.45, 7) is 1.98. The fourth-order valence-electron chi connectivity index (χ4n) is 0.386. The standard InChI is InChI=1S/C7H12O3/c1-2-7(9)10-6-4-3-5-8/h3-4,8H,2,5-6H2,1H3. The van der Waals surface area contributed by atoms with Gasteiger partial charge in [0.15, 0.2) is 0 Å². The van der Waals surface area contributed by atoms with Crippen LogP contribution in [0.3, 0.4) is 0 Å². The molecule has 0 rings (SSSR count). The van der Waals surface area contributed by atoms with E-state index in [1.165, 1.54) is 6.08 Å². The van der Waals surface area contributed by atoms with Crippen LogP contribution in [0.5, 0.6) is 0 Å². The van der Waals surface area contributed by atoms with Crippen molar-refractivity contribution in [2.24, 2.45) is 0 Å². The van der Waals surface area contributed by atoms with Crippen LogP contribution in [0.4, 0.5) is 0 Å². The Labute approximate surface area is 60.3 Å². The Morgan fingerprint density at radius 3 is 2.80 bits per heavy atom. The molecular weight excluding hydrogens is 132 g/mol. The van der Waals surface area contributed by atoms with Gasteiger partial charge in [0.25, 0.3) is 0 Å². The minimum absolute atomic E-state index is 0.0102. The van der Waals surface area contributed by atoms with Crippen molar-refractivity contribution in [2.45, 2.75) is 13.3 Å². The first-order chi connectivity index (χ1) is 4.81. The Bertz CT molecular complexity index is 118. The minimum Gasteiger partial charge on any atom is -0.461 e. The van der Waals surface area contributed by atoms with E-state index in [0.717, 1.165) is 0 Å². The van der Waals surface area contributed by atoms with Crippen LogP contribution in [0.1, 0.15) is 13.3 Å². The summed E-state index contributed by atoms with van der Waals surface area (Å²) in [5.74, 6) is -0.220. The third-order valence-corrected chi connectivity index (χ3v) is 0.901. The maximum atomic E-state index is 10.5. The van der Waals surface area contributed by atoms with Gasteiger partial charge >= 0.3 is 5.97 Å². The van der Waals surface area contributed by atoms with E-state index < -0.39 is 0 Å². The number of esters is 1. The van der Waals surface area contributed by atoms with E-state index in [2.05, 4.69) is 4.74 Å². The summed E-state index contributed by atoms with van der Waals surface area (Å²) >= 11 is 0. The van der Waals surface area contributed by atoms with Crippen molar-refractivity contribution in [3.8, 4) is 0 Å². The van der Waals surface area contributed by atoms with Gasteiger partial charge in [-0.25, -0.2) is 0 Å². The molecule has 0 saturated carbocycles. The molecular formula is C7H12O3. The highest BCUT2D eigenvalue weighted by Crippen LogP contribution is 1.84. The van der Waals surface area contributed by atoms with Crippen LogP contribution in [0, 0.1) is 0 Å². The molecule has 3 heteroatoms. The Hall–Kier alpha value is -0.830. The minimum atomic E-state index is -0.220. The lowest BCUT2D eigenvalue weighted by molar-refractivity contribution is -0.141. The number of hydrogen-bond donors (Lipinski definition) is 1. The Balaban J connectivity index is 3.19. The van der Waals surface area contributed by atoms with Gasteiger partial charge in [0.2, 0.25) is 0 Å². The molecule has 0 fully saturated rings. The molecule has 0 aromatic carbocycles. The summed E-state index contributed by atoms with van der Waals surface area (Å²) in [7, 11) is 0. The van der Waals surface area contributed by atoms with E-state index in [0.29, 0.717) is 6.42 Å². The fraction of sp³-hybridized carbons (Fsp3) is 0.571. The van der Waals surface area contributed by atoms with Gasteiger partial charge < -0.3 is 9.84 Å². The Morgan fingerprint density at radius 1 is 1.60 bits per heavy atom. The maximum Gasteiger partial charge on any atom is 0.305 e. The number of carbonyl (C=O) groups is 1. The SMILES string of the molecule is CCC(=O)OCC=CCO. The van der Waals surface area contributed by atoms with Gasteiger partial charge in [-0.05, 0) is 6.08 Å². The second kappa shape index (κ2) is 6.29. The zero-order valence-electron chi connectivity index (χ0n) is 6.04. The number of aliphatic hydroxyl groups is 1. The van der Waals surface area contributed by atoms with Crippen molar-refractivity contribution in [3.05, 3.63) is 12.2 Å². The number of aliphatic hydroxyl groups excluding tert-OH is 1. The van der Waals surface area contributed by atoms with Gasteiger partial charge in [-0.15, -0.1) is 0 Å². The first kappa shape index (κ1) is 9.17. The monoisotopic (exact) mass is 144 g/mol. The van der Waals surface area contributed by atoms with Crippen LogP contribution in [0.15, 0.2) is 12.2 Å². The first-order valence-electron chi connectivity index (χ1n) is 3.22. The van der Waals surface area contributed by atoms with Gasteiger partial charge in [0.1, 0.15) is 6.61 Å². The van der Waals surface area contributed by atoms with Crippen molar-refractivity contribution >= 4 is 5.97 Å². The second-order valence-electron chi connectivity index (χ2n) is 1.69. The summed E-state index contributed by atoms with van der Waals surface area (Å²) in [5.41, 5.74) is 0. The van der Waals surface area contributed by atoms with Crippen molar-refractivity contribution in [1.82, 2.24) is 0 Å². The highest BCUT2D eigenvalue weighted by atomic mass is 16.5. The van der Waals surface area contributed by atoms with Gasteiger partial charge in [-0.1, -0.05) is 13.0 Å². The molecule has 0 aliphatic heterocycles. The van der Waals surface area contributed by atoms with Gasteiger partial charge in [0, 0.05) is 6.42 Å². The zero-order chi connectivity index (χ0) is 7.82. The summed E-state index contributed by atoms with van der Waals surface area (Å²) in [4.78, 5) is 10.5. The third-order valence-electron chi connectivity index (χ3n) is 0.901. The molecule has 0 amide bonds. The van der Waals surface area contributed by atoms with E-state index in [1.807, 2.05) is 0 Å². The highest BCUT2D eigenvalue weighted by Gasteiger charge is 1.92. The lowest BCUT2D eigenvalue weighted by Crippen LogP contribution is -2.01. The van der Waals surface area contributed by atoms with Gasteiger partial charge in [-0.3, -0.25) is 4.79 Å². The normalized spacial score (nSPS) is 10.2. The van der Waals surface area contributed by atoms with Crippen LogP contribution >= 0.6 is 0 Å². The number of carbonyl (C=O) groups excluding carboxylic acids is 1. The van der Waals surface area contributed by atoms with Gasteiger partial charge in [-0.2, -0.15) is 0 Å². The molecule has 1 N–H and O–H groups in total. The topological polar surface area (TPSA) is 46.5 Å². The summed E-state index contributed by atoms with van der Waals surface area (Å²) in [5, 5.41) is 8.26. The average molecular weight is 144 g/mol. The zero-order valence-corrected chi connectivity index (χ0v) is 6.04. The van der Waals surface area contributed by atoms with Gasteiger partial charge in [0.05, 0.1) is 6.61 Å². The molecule has 0 unspecified atom stereocenters. The second-order valence-corrected chi connectivity index (χ2v) is 1.69. The van der Waals surface area contributed by atoms with Crippen LogP contribution in [-0.2, 0) is 9.53 Å². The fourth-order valence-corrected chi connectivity index (χ4v) is 0.386. The number of ether oxygens (including phenoxy) is 1. The van der Waals surface area contributed by atoms with E-state index in [-0.39, 0.29) is 19.2 Å². The molecule has 58 valence electrons. The molecule has 0 heterocycles. The number of rotatable bonds is 4. The van der Waals surface area contributed by atoms with Crippen molar-refractivity contribution < 1.29 is 14.6 Å². The van der Waals surface area contributed by atoms with Crippen LogP contribution in [0.2, 0.25) is 0 Å². The average Bonchev–Trinajstić information content (AvgIpc) is 1.98. The van der Waals surface area contributed by atoms with E-state index in [1.54, 1.807) is 13.0 Å². The molecule has 10 heavy (non-hydrogen) atoms. The van der Waals surface area contributed by atoms with E-state index >= 15 is 0 Å². The van der Waals surface area contributed by atoms with Crippen LogP contribution in [0.25, 0.3) is 0 Å². The summed E-state index contributed by atoms with van der Waals surface area (Å²) in [6, 6.07) is 0. The molecule has 0 aliphatic rings. The van der Waals surface area contributed by atoms with E-state index in [4.69, 9.17) is 5.11 Å². The summed E-state index contributed by atoms with van der Waals surface area (Å²) < 4.78 is 4.66.